The predicted octanol–water partition coefficient (Wildman–Crippen LogP) is 2.16. The zero-order chi connectivity index (χ0) is 49.1. The Labute approximate surface area is 389 Å². The number of aliphatic carboxylic acids is 1. The van der Waals surface area contributed by atoms with E-state index < -0.39 is 87.3 Å². The minimum absolute atomic E-state index is 0.0242. The number of hydrogen-bond acceptors (Lipinski definition) is 13. The average molecular weight is 946 g/mol. The topological polar surface area (TPSA) is 256 Å². The van der Waals surface area contributed by atoms with Crippen molar-refractivity contribution in [2.24, 2.45) is 11.8 Å². The quantitative estimate of drug-likeness (QED) is 0.0505. The van der Waals surface area contributed by atoms with Crippen LogP contribution in [0.2, 0.25) is 0 Å². The van der Waals surface area contributed by atoms with Crippen molar-refractivity contribution in [3.8, 4) is 0 Å². The molecule has 1 heterocycles. The monoisotopic (exact) mass is 945 g/mol. The zero-order valence-electron chi connectivity index (χ0n) is 39.4. The first kappa shape index (κ1) is 55.5. The van der Waals surface area contributed by atoms with Crippen LogP contribution in [0, 0.1) is 11.8 Å². The Hall–Kier alpha value is -4.79. The number of carboxylic acids is 1. The molecule has 66 heavy (non-hydrogen) atoms. The molecule has 0 aromatic heterocycles. The number of carboxylic acid groups (broad SMARTS) is 1. The van der Waals surface area contributed by atoms with Crippen molar-refractivity contribution in [1.29, 1.82) is 0 Å². The van der Waals surface area contributed by atoms with Gasteiger partial charge in [-0.05, 0) is 75.8 Å². The van der Waals surface area contributed by atoms with Crippen molar-refractivity contribution >= 4 is 45.5 Å². The number of Topliss-reactive ketones (excluding diaryl/α,β-unsaturated/α-hetero) is 1. The number of carbonyl (C=O) groups excluding carboxylic acids is 5. The Kier molecular flexibility index (Phi) is 22.3. The van der Waals surface area contributed by atoms with Crippen LogP contribution in [0.4, 0.5) is 0 Å². The fraction of sp³-hybridized carbons (Fsp3) is 0.617. The lowest BCUT2D eigenvalue weighted by molar-refractivity contribution is -0.143. The summed E-state index contributed by atoms with van der Waals surface area (Å²) in [4.78, 5) is 82.8. The van der Waals surface area contributed by atoms with Crippen LogP contribution in [0.5, 0.6) is 0 Å². The van der Waals surface area contributed by atoms with Crippen LogP contribution < -0.4 is 21.3 Å². The van der Waals surface area contributed by atoms with Crippen molar-refractivity contribution < 1.29 is 61.1 Å². The molecular weight excluding hydrogens is 875 g/mol. The standard InChI is InChI=1S/C47H71N5O13S/c1-32(2)26-37(42(56)47(7,60)31-65-66(61,62)46(5,6)20-23-64-30-41(54)55)49-45(59)39(28-35-16-12-9-13-17-35)51-44(58)38(27-33(3)4)50-43(57)36(19-18-34-14-10-8-11-15-34)48-40(53)29-52-21-24-63-25-22-52/h8-17,32-33,36-39,60H,18-31H2,1-7H3,(H,48,53)(H,49,59)(H,50,57)(H,51,58)(H,54,55)/t36-,37-,38-,39-,47?/m0/s1. The summed E-state index contributed by atoms with van der Waals surface area (Å²) in [7, 11) is -4.45. The molecule has 1 aliphatic heterocycles. The van der Waals surface area contributed by atoms with E-state index in [-0.39, 0.29) is 63.0 Å². The van der Waals surface area contributed by atoms with Gasteiger partial charge in [-0.2, -0.15) is 8.42 Å². The largest absolute Gasteiger partial charge is 0.480 e. The third-order valence-electron chi connectivity index (χ3n) is 11.1. The molecule has 1 aliphatic rings. The number of rotatable bonds is 29. The van der Waals surface area contributed by atoms with Gasteiger partial charge in [-0.15, -0.1) is 0 Å². The van der Waals surface area contributed by atoms with E-state index in [2.05, 4.69) is 21.3 Å². The molecule has 0 saturated carbocycles. The molecule has 0 aliphatic carbocycles. The number of aryl methyl sites for hydroxylation is 1. The maximum atomic E-state index is 14.3. The van der Waals surface area contributed by atoms with Gasteiger partial charge in [-0.3, -0.25) is 33.1 Å². The molecule has 1 saturated heterocycles. The highest BCUT2D eigenvalue weighted by Gasteiger charge is 2.43. The maximum Gasteiger partial charge on any atom is 0.329 e. The molecule has 2 aromatic rings. The first-order valence-electron chi connectivity index (χ1n) is 22.5. The third kappa shape index (κ3) is 19.2. The molecule has 2 aromatic carbocycles. The van der Waals surface area contributed by atoms with Gasteiger partial charge in [0.15, 0.2) is 5.78 Å². The summed E-state index contributed by atoms with van der Waals surface area (Å²) in [6.45, 7) is 11.4. The lowest BCUT2D eigenvalue weighted by Crippen LogP contribution is -2.60. The highest BCUT2D eigenvalue weighted by Crippen LogP contribution is 2.25. The van der Waals surface area contributed by atoms with E-state index in [4.69, 9.17) is 18.8 Å². The summed E-state index contributed by atoms with van der Waals surface area (Å²) in [5.41, 5.74) is -0.798. The minimum atomic E-state index is -4.45. The SMILES string of the molecule is CC(C)C[C@H](NC(=O)[C@H](CCc1ccccc1)NC(=O)CN1CCOCC1)C(=O)N[C@@H](Cc1ccccc1)C(=O)N[C@@H](CC(C)C)C(=O)C(C)(O)COS(=O)(=O)C(C)(C)CCOCC(=O)O. The van der Waals surface area contributed by atoms with Crippen LogP contribution in [-0.4, -0.2) is 146 Å². The Morgan fingerprint density at radius 1 is 0.742 bits per heavy atom. The van der Waals surface area contributed by atoms with Gasteiger partial charge in [0.25, 0.3) is 10.1 Å². The van der Waals surface area contributed by atoms with Crippen LogP contribution >= 0.6 is 0 Å². The smallest absolute Gasteiger partial charge is 0.329 e. The van der Waals surface area contributed by atoms with Gasteiger partial charge in [0.05, 0.1) is 30.5 Å². The first-order valence-corrected chi connectivity index (χ1v) is 23.9. The molecule has 4 amide bonds. The number of hydrogen-bond donors (Lipinski definition) is 6. The molecule has 19 heteroatoms. The normalized spacial score (nSPS) is 16.3. The second kappa shape index (κ2) is 26.5. The second-order valence-electron chi connectivity index (χ2n) is 18.5. The number of nitrogens with zero attached hydrogens (tertiary/aromatic N) is 1. The van der Waals surface area contributed by atoms with E-state index in [1.807, 2.05) is 49.1 Å². The summed E-state index contributed by atoms with van der Waals surface area (Å²) < 4.78 is 40.4. The number of carbonyl (C=O) groups is 6. The fourth-order valence-corrected chi connectivity index (χ4v) is 8.15. The maximum absolute atomic E-state index is 14.3. The Morgan fingerprint density at radius 2 is 1.26 bits per heavy atom. The third-order valence-corrected chi connectivity index (χ3v) is 13.0. The molecule has 5 atom stereocenters. The molecule has 6 N–H and O–H groups in total. The highest BCUT2D eigenvalue weighted by molar-refractivity contribution is 7.88. The van der Waals surface area contributed by atoms with Gasteiger partial charge in [0, 0.05) is 26.1 Å². The van der Waals surface area contributed by atoms with Crippen LogP contribution in [0.3, 0.4) is 0 Å². The lowest BCUT2D eigenvalue weighted by Gasteiger charge is -2.31. The van der Waals surface area contributed by atoms with Gasteiger partial charge in [-0.1, -0.05) is 88.4 Å². The number of benzene rings is 2. The number of ketones is 1. The Balaban J connectivity index is 1.84. The summed E-state index contributed by atoms with van der Waals surface area (Å²) >= 11 is 0. The molecule has 3 rings (SSSR count). The highest BCUT2D eigenvalue weighted by atomic mass is 32.2. The average Bonchev–Trinajstić information content (AvgIpc) is 3.25. The molecule has 1 fully saturated rings. The van der Waals surface area contributed by atoms with E-state index in [0.29, 0.717) is 38.3 Å². The van der Waals surface area contributed by atoms with E-state index in [1.54, 1.807) is 44.2 Å². The van der Waals surface area contributed by atoms with Crippen molar-refractivity contribution in [3.63, 3.8) is 0 Å². The van der Waals surface area contributed by atoms with Crippen LogP contribution in [0.1, 0.15) is 85.3 Å². The van der Waals surface area contributed by atoms with Gasteiger partial charge < -0.3 is 41.0 Å². The van der Waals surface area contributed by atoms with Crippen LogP contribution in [0.15, 0.2) is 60.7 Å². The van der Waals surface area contributed by atoms with E-state index in [0.717, 1.165) is 12.5 Å². The molecule has 1 unspecified atom stereocenters. The molecule has 0 spiro atoms. The van der Waals surface area contributed by atoms with Crippen LogP contribution in [-0.2, 0) is 65.4 Å². The van der Waals surface area contributed by atoms with E-state index in [1.165, 1.54) is 13.8 Å². The number of aliphatic hydroxyl groups is 1. The number of ether oxygens (including phenoxy) is 2. The molecular formula is C47H71N5O13S. The fourth-order valence-electron chi connectivity index (χ4n) is 7.11. The molecule has 368 valence electrons. The number of amides is 4. The second-order valence-corrected chi connectivity index (χ2v) is 20.7. The molecule has 0 radical (unpaired) electrons. The van der Waals surface area contributed by atoms with Crippen molar-refractivity contribution in [2.75, 3.05) is 52.7 Å². The summed E-state index contributed by atoms with van der Waals surface area (Å²) in [5, 5.41) is 31.4. The Bertz CT molecular complexity index is 1990. The summed E-state index contributed by atoms with van der Waals surface area (Å²) in [6.07, 6.45) is 0.737. The van der Waals surface area contributed by atoms with Crippen LogP contribution in [0.25, 0.3) is 0 Å². The van der Waals surface area contributed by atoms with Crippen molar-refractivity contribution in [2.45, 2.75) is 122 Å². The minimum Gasteiger partial charge on any atom is -0.480 e. The van der Waals surface area contributed by atoms with Gasteiger partial charge in [0.1, 0.15) is 36.9 Å². The van der Waals surface area contributed by atoms with Gasteiger partial charge >= 0.3 is 5.97 Å². The Morgan fingerprint density at radius 3 is 1.83 bits per heavy atom. The van der Waals surface area contributed by atoms with Crippen molar-refractivity contribution in [3.05, 3.63) is 71.8 Å². The first-order chi connectivity index (χ1) is 31.0. The summed E-state index contributed by atoms with van der Waals surface area (Å²) in [6, 6.07) is 13.5. The number of morpholine rings is 1. The van der Waals surface area contributed by atoms with E-state index >= 15 is 0 Å². The number of nitrogens with one attached hydrogen (secondary N) is 4. The summed E-state index contributed by atoms with van der Waals surface area (Å²) in [5.74, 6) is -4.84. The van der Waals surface area contributed by atoms with Crippen molar-refractivity contribution in [1.82, 2.24) is 26.2 Å². The molecule has 18 nitrogen and oxygen atoms in total. The predicted molar refractivity (Wildman–Crippen MR) is 246 cm³/mol. The molecule has 0 bridgehead atoms. The van der Waals surface area contributed by atoms with Gasteiger partial charge in [0.2, 0.25) is 23.6 Å². The van der Waals surface area contributed by atoms with Gasteiger partial charge in [-0.25, -0.2) is 4.79 Å². The zero-order valence-corrected chi connectivity index (χ0v) is 40.2. The van der Waals surface area contributed by atoms with E-state index in [9.17, 15) is 42.3 Å². The lowest BCUT2D eigenvalue weighted by atomic mass is 9.90.